The number of hydrogen-bond donors (Lipinski definition) is 2. The Hall–Kier alpha value is -2.85. The first-order valence-electron chi connectivity index (χ1n) is 10.8. The van der Waals surface area contributed by atoms with Crippen LogP contribution in [0.4, 0.5) is 13.2 Å². The van der Waals surface area contributed by atoms with Gasteiger partial charge in [-0.05, 0) is 42.5 Å². The minimum atomic E-state index is -4.83. The van der Waals surface area contributed by atoms with Crippen LogP contribution in [-0.4, -0.2) is 42.9 Å². The maximum absolute atomic E-state index is 13.5. The summed E-state index contributed by atoms with van der Waals surface area (Å²) in [6.07, 6.45) is -0.269. The maximum atomic E-state index is 13.5. The van der Waals surface area contributed by atoms with Gasteiger partial charge >= 0.3 is 6.18 Å². The second-order valence-electron chi connectivity index (χ2n) is 8.38. The first-order chi connectivity index (χ1) is 15.7. The van der Waals surface area contributed by atoms with E-state index in [0.717, 1.165) is 18.9 Å². The molecule has 4 rings (SSSR count). The predicted octanol–water partition coefficient (Wildman–Crippen LogP) is 3.51. The number of halogens is 3. The molecule has 2 aromatic rings. The van der Waals surface area contributed by atoms with Gasteiger partial charge in [0.2, 0.25) is 0 Å². The van der Waals surface area contributed by atoms with Gasteiger partial charge in [0.15, 0.2) is 0 Å². The van der Waals surface area contributed by atoms with Crippen molar-refractivity contribution < 1.29 is 32.2 Å². The highest BCUT2D eigenvalue weighted by atomic mass is 19.4. The van der Waals surface area contributed by atoms with Crippen LogP contribution in [-0.2, 0) is 15.7 Å². The molecular weight excluding hydrogens is 441 g/mol. The van der Waals surface area contributed by atoms with Gasteiger partial charge in [-0.2, -0.15) is 13.2 Å². The van der Waals surface area contributed by atoms with Crippen LogP contribution in [0.25, 0.3) is 11.1 Å². The number of hydrogen-bond acceptors (Lipinski definition) is 5. The fraction of sp³-hybridized carbons (Fsp3) is 0.478. The van der Waals surface area contributed by atoms with E-state index in [-0.39, 0.29) is 29.9 Å². The van der Waals surface area contributed by atoms with Crippen molar-refractivity contribution in [1.29, 1.82) is 0 Å². The molecule has 1 aliphatic carbocycles. The van der Waals surface area contributed by atoms with Crippen LogP contribution >= 0.6 is 0 Å². The van der Waals surface area contributed by atoms with Gasteiger partial charge in [-0.1, -0.05) is 25.0 Å². The molecule has 2 atom stereocenters. The Kier molecular flexibility index (Phi) is 6.76. The van der Waals surface area contributed by atoms with E-state index in [0.29, 0.717) is 24.9 Å². The van der Waals surface area contributed by atoms with Crippen molar-refractivity contribution in [2.45, 2.75) is 44.1 Å². The molecule has 0 bridgehead atoms. The summed E-state index contributed by atoms with van der Waals surface area (Å²) in [5, 5.41) is 0. The lowest BCUT2D eigenvalue weighted by Gasteiger charge is -2.33. The third kappa shape index (κ3) is 5.39. The first kappa shape index (κ1) is 23.3. The van der Waals surface area contributed by atoms with Gasteiger partial charge in [0.25, 0.3) is 11.5 Å². The molecule has 10 heteroatoms. The highest BCUT2D eigenvalue weighted by molar-refractivity contribution is 5.94. The zero-order valence-electron chi connectivity index (χ0n) is 17.8. The Bertz CT molecular complexity index is 1050. The molecular formula is C23H25F3N2O5. The molecule has 1 aliphatic heterocycles. The van der Waals surface area contributed by atoms with Gasteiger partial charge in [-0.25, -0.2) is 0 Å². The third-order valence-electron chi connectivity index (χ3n) is 6.07. The molecule has 1 aromatic heterocycles. The number of amides is 1. The van der Waals surface area contributed by atoms with Crippen LogP contribution in [0.5, 0.6) is 5.75 Å². The van der Waals surface area contributed by atoms with E-state index in [4.69, 9.17) is 19.9 Å². The normalized spacial score (nSPS) is 21.8. The van der Waals surface area contributed by atoms with Gasteiger partial charge in [0.1, 0.15) is 29.7 Å². The number of carbonyl (C=O) groups excluding carboxylic acids is 1. The third-order valence-corrected chi connectivity index (χ3v) is 6.07. The number of pyridine rings is 1. The molecule has 3 N–H and O–H groups in total. The largest absolute Gasteiger partial charge is 0.491 e. The van der Waals surface area contributed by atoms with E-state index in [2.05, 4.69) is 0 Å². The van der Waals surface area contributed by atoms with Crippen molar-refractivity contribution in [3.05, 3.63) is 51.9 Å². The van der Waals surface area contributed by atoms with Crippen molar-refractivity contribution in [2.75, 3.05) is 19.8 Å². The molecule has 1 saturated heterocycles. The summed E-state index contributed by atoms with van der Waals surface area (Å²) in [7, 11) is 0. The monoisotopic (exact) mass is 466 g/mol. The summed E-state index contributed by atoms with van der Waals surface area (Å²) >= 11 is 0. The molecule has 2 aliphatic rings. The van der Waals surface area contributed by atoms with Crippen LogP contribution in [0.2, 0.25) is 0 Å². The summed E-state index contributed by atoms with van der Waals surface area (Å²) in [4.78, 5) is 25.0. The van der Waals surface area contributed by atoms with Crippen molar-refractivity contribution in [1.82, 2.24) is 4.98 Å². The van der Waals surface area contributed by atoms with Gasteiger partial charge in [-0.15, -0.1) is 0 Å². The van der Waals surface area contributed by atoms with Crippen LogP contribution in [0, 0.1) is 5.92 Å². The summed E-state index contributed by atoms with van der Waals surface area (Å²) in [5.41, 5.74) is 1.92. The minimum absolute atomic E-state index is 0.0673. The number of rotatable bonds is 6. The summed E-state index contributed by atoms with van der Waals surface area (Å²) in [5.74, 6) is -0.159. The van der Waals surface area contributed by atoms with Crippen LogP contribution in [0.1, 0.15) is 41.7 Å². The molecule has 2 fully saturated rings. The van der Waals surface area contributed by atoms with Gasteiger partial charge in [0, 0.05) is 5.56 Å². The molecule has 0 spiro atoms. The number of carbonyl (C=O) groups is 1. The topological polar surface area (TPSA) is 104 Å². The quantitative estimate of drug-likeness (QED) is 0.678. The van der Waals surface area contributed by atoms with E-state index < -0.39 is 28.9 Å². The SMILES string of the molecule is NC(=O)c1cc(-c2ccc(OCC3COCC(C4CCCC4)O3)cc2)c(C(F)(F)F)[nH]c1=O. The molecule has 1 saturated carbocycles. The Morgan fingerprint density at radius 1 is 1.15 bits per heavy atom. The lowest BCUT2D eigenvalue weighted by atomic mass is 10.0. The Labute approximate surface area is 188 Å². The van der Waals surface area contributed by atoms with Crippen LogP contribution < -0.4 is 16.0 Å². The number of primary amides is 1. The lowest BCUT2D eigenvalue weighted by molar-refractivity contribution is -0.164. The smallest absolute Gasteiger partial charge is 0.431 e. The maximum Gasteiger partial charge on any atom is 0.431 e. The number of benzene rings is 1. The average Bonchev–Trinajstić information content (AvgIpc) is 3.32. The predicted molar refractivity (Wildman–Crippen MR) is 113 cm³/mol. The summed E-state index contributed by atoms with van der Waals surface area (Å²) < 4.78 is 58.0. The number of H-pyrrole nitrogens is 1. The number of nitrogens with one attached hydrogen (secondary N) is 1. The van der Waals surface area contributed by atoms with E-state index in [9.17, 15) is 22.8 Å². The molecule has 2 unspecified atom stereocenters. The number of alkyl halides is 3. The summed E-state index contributed by atoms with van der Waals surface area (Å²) in [6.45, 7) is 1.26. The molecule has 1 amide bonds. The van der Waals surface area contributed by atoms with Gasteiger partial charge in [-0.3, -0.25) is 9.59 Å². The summed E-state index contributed by atoms with van der Waals surface area (Å²) in [6, 6.07) is 6.73. The molecule has 33 heavy (non-hydrogen) atoms. The second-order valence-corrected chi connectivity index (χ2v) is 8.38. The second kappa shape index (κ2) is 9.56. The van der Waals surface area contributed by atoms with Crippen molar-refractivity contribution in [2.24, 2.45) is 11.7 Å². The van der Waals surface area contributed by atoms with E-state index in [1.807, 2.05) is 0 Å². The van der Waals surface area contributed by atoms with Crippen molar-refractivity contribution in [3.63, 3.8) is 0 Å². The Morgan fingerprint density at radius 2 is 1.85 bits per heavy atom. The van der Waals surface area contributed by atoms with E-state index in [1.54, 1.807) is 4.98 Å². The Balaban J connectivity index is 1.47. The van der Waals surface area contributed by atoms with Crippen molar-refractivity contribution in [3.8, 4) is 16.9 Å². The van der Waals surface area contributed by atoms with Crippen molar-refractivity contribution >= 4 is 5.91 Å². The van der Waals surface area contributed by atoms with E-state index in [1.165, 1.54) is 37.1 Å². The molecule has 7 nitrogen and oxygen atoms in total. The fourth-order valence-corrected chi connectivity index (χ4v) is 4.39. The highest BCUT2D eigenvalue weighted by Crippen LogP contribution is 2.36. The molecule has 2 heterocycles. The zero-order valence-corrected chi connectivity index (χ0v) is 17.8. The average molecular weight is 466 g/mol. The molecule has 0 radical (unpaired) electrons. The van der Waals surface area contributed by atoms with Gasteiger partial charge in [0.05, 0.1) is 19.3 Å². The number of aromatic nitrogens is 1. The minimum Gasteiger partial charge on any atom is -0.491 e. The zero-order chi connectivity index (χ0) is 23.6. The number of nitrogens with two attached hydrogens (primary N) is 1. The van der Waals surface area contributed by atoms with Crippen LogP contribution in [0.15, 0.2) is 35.1 Å². The standard InChI is InChI=1S/C23H25F3N2O5/c24-23(25,26)20-17(9-18(21(27)29)22(30)28-20)13-5-7-15(8-6-13)32-11-16-10-31-12-19(33-16)14-3-1-2-4-14/h5-9,14,16,19H,1-4,10-12H2,(H2,27,29)(H,28,30). The lowest BCUT2D eigenvalue weighted by Crippen LogP contribution is -2.42. The first-order valence-corrected chi connectivity index (χ1v) is 10.8. The fourth-order valence-electron chi connectivity index (χ4n) is 4.39. The van der Waals surface area contributed by atoms with Gasteiger partial charge < -0.3 is 24.9 Å². The van der Waals surface area contributed by atoms with E-state index >= 15 is 0 Å². The highest BCUT2D eigenvalue weighted by Gasteiger charge is 2.36. The number of aromatic amines is 1. The number of ether oxygens (including phenoxy) is 3. The van der Waals surface area contributed by atoms with Crippen LogP contribution in [0.3, 0.4) is 0 Å². The Morgan fingerprint density at radius 3 is 2.48 bits per heavy atom. The molecule has 178 valence electrons. The molecule has 1 aromatic carbocycles.